The van der Waals surface area contributed by atoms with Gasteiger partial charge in [-0.2, -0.15) is 0 Å². The number of aromatic nitrogens is 5. The molecule has 5 nitrogen and oxygen atoms in total. The van der Waals surface area contributed by atoms with Gasteiger partial charge >= 0.3 is 0 Å². The van der Waals surface area contributed by atoms with Gasteiger partial charge in [-0.1, -0.05) is 103 Å². The predicted octanol–water partition coefficient (Wildman–Crippen LogP) is 9.40. The summed E-state index contributed by atoms with van der Waals surface area (Å²) in [7, 11) is 0. The van der Waals surface area contributed by atoms with Gasteiger partial charge in [-0.15, -0.1) is 10.2 Å². The van der Waals surface area contributed by atoms with Crippen molar-refractivity contribution in [2.45, 2.75) is 0 Å². The first kappa shape index (κ1) is 24.5. The molecule has 9 aromatic rings. The van der Waals surface area contributed by atoms with E-state index in [0.29, 0.717) is 0 Å². The van der Waals surface area contributed by atoms with Gasteiger partial charge in [-0.05, 0) is 47.9 Å². The molecule has 0 fully saturated rings. The van der Waals surface area contributed by atoms with Crippen LogP contribution >= 0.6 is 0 Å². The Morgan fingerprint density at radius 1 is 0.432 bits per heavy atom. The molecule has 0 aliphatic carbocycles. The molecule has 0 atom stereocenters. The van der Waals surface area contributed by atoms with Crippen molar-refractivity contribution in [3.05, 3.63) is 152 Å². The summed E-state index contributed by atoms with van der Waals surface area (Å²) in [6, 6.07) is 50.7. The van der Waals surface area contributed by atoms with Gasteiger partial charge in [0.15, 0.2) is 11.6 Å². The Balaban J connectivity index is 1.35. The Kier molecular flexibility index (Phi) is 5.43. The van der Waals surface area contributed by atoms with Crippen LogP contribution in [0, 0.1) is 0 Å². The standard InChI is InChI=1S/C39H25N5/c1-3-13-26(14-4-1)38-41-42-39(44(38)28-16-5-2-6-17-28)27-15-11-18-29(25-27)43-34-23-10-9-21-32(34)35-30-19-7-8-20-31(30)36-33(37(35)43)22-12-24-40-36/h1-25H. The van der Waals surface area contributed by atoms with E-state index in [4.69, 9.17) is 15.2 Å². The lowest BCUT2D eigenvalue weighted by molar-refractivity contribution is 1.07. The van der Waals surface area contributed by atoms with Crippen molar-refractivity contribution in [1.29, 1.82) is 0 Å². The highest BCUT2D eigenvalue weighted by Crippen LogP contribution is 2.42. The third kappa shape index (κ3) is 3.63. The maximum Gasteiger partial charge on any atom is 0.168 e. The fourth-order valence-corrected chi connectivity index (χ4v) is 6.61. The van der Waals surface area contributed by atoms with E-state index < -0.39 is 0 Å². The van der Waals surface area contributed by atoms with E-state index in [-0.39, 0.29) is 0 Å². The maximum atomic E-state index is 4.87. The van der Waals surface area contributed by atoms with Crippen molar-refractivity contribution in [1.82, 2.24) is 24.3 Å². The van der Waals surface area contributed by atoms with Crippen LogP contribution in [0.1, 0.15) is 0 Å². The first-order chi connectivity index (χ1) is 21.9. The molecule has 0 spiro atoms. The SMILES string of the molecule is c1ccc(-c2nnc(-c3cccc(-n4c5ccccc5c5c6ccccc6c6ncccc6c54)c3)n2-c2ccccc2)cc1. The van der Waals surface area contributed by atoms with Gasteiger partial charge in [0, 0.05) is 50.2 Å². The Hall–Kier alpha value is -6.07. The summed E-state index contributed by atoms with van der Waals surface area (Å²) in [6.07, 6.45) is 1.88. The fraction of sp³-hybridized carbons (Fsp3) is 0. The number of para-hydroxylation sites is 2. The van der Waals surface area contributed by atoms with Crippen LogP contribution in [0.2, 0.25) is 0 Å². The molecule has 5 heteroatoms. The molecule has 0 saturated heterocycles. The van der Waals surface area contributed by atoms with Gasteiger partial charge in [0.25, 0.3) is 0 Å². The fourth-order valence-electron chi connectivity index (χ4n) is 6.61. The van der Waals surface area contributed by atoms with Crippen molar-refractivity contribution in [3.8, 4) is 34.2 Å². The van der Waals surface area contributed by atoms with Gasteiger partial charge in [0.05, 0.1) is 16.6 Å². The highest BCUT2D eigenvalue weighted by Gasteiger charge is 2.21. The van der Waals surface area contributed by atoms with Crippen LogP contribution in [0.15, 0.2) is 152 Å². The third-order valence-corrected chi connectivity index (χ3v) is 8.46. The van der Waals surface area contributed by atoms with Crippen molar-refractivity contribution >= 4 is 43.5 Å². The van der Waals surface area contributed by atoms with Gasteiger partial charge in [-0.25, -0.2) is 0 Å². The minimum atomic E-state index is 0.787. The molecule has 206 valence electrons. The molecular weight excluding hydrogens is 538 g/mol. The number of hydrogen-bond acceptors (Lipinski definition) is 3. The number of rotatable bonds is 4. The lowest BCUT2D eigenvalue weighted by Gasteiger charge is -2.14. The first-order valence-corrected chi connectivity index (χ1v) is 14.7. The van der Waals surface area contributed by atoms with E-state index in [1.165, 1.54) is 16.2 Å². The van der Waals surface area contributed by atoms with Crippen molar-refractivity contribution in [2.75, 3.05) is 0 Å². The van der Waals surface area contributed by atoms with Crippen LogP contribution in [0.25, 0.3) is 77.6 Å². The highest BCUT2D eigenvalue weighted by molar-refractivity contribution is 6.31. The Morgan fingerprint density at radius 3 is 1.86 bits per heavy atom. The zero-order chi connectivity index (χ0) is 29.0. The zero-order valence-electron chi connectivity index (χ0n) is 23.7. The summed E-state index contributed by atoms with van der Waals surface area (Å²) < 4.78 is 4.53. The average Bonchev–Trinajstić information content (AvgIpc) is 3.70. The number of fused-ring (bicyclic) bond motifs is 8. The van der Waals surface area contributed by atoms with E-state index in [1.807, 2.05) is 48.7 Å². The van der Waals surface area contributed by atoms with Crippen LogP contribution in [0.4, 0.5) is 0 Å². The summed E-state index contributed by atoms with van der Waals surface area (Å²) in [5.41, 5.74) is 7.37. The Morgan fingerprint density at radius 2 is 1.05 bits per heavy atom. The van der Waals surface area contributed by atoms with Gasteiger partial charge in [-0.3, -0.25) is 9.55 Å². The normalized spacial score (nSPS) is 11.6. The molecule has 0 aliphatic rings. The Labute approximate surface area is 253 Å². The molecular formula is C39H25N5. The molecule has 0 saturated carbocycles. The van der Waals surface area contributed by atoms with E-state index in [0.717, 1.165) is 61.5 Å². The van der Waals surface area contributed by atoms with Gasteiger partial charge in [0.1, 0.15) is 0 Å². The van der Waals surface area contributed by atoms with Crippen LogP contribution in [0.3, 0.4) is 0 Å². The van der Waals surface area contributed by atoms with E-state index in [1.54, 1.807) is 0 Å². The van der Waals surface area contributed by atoms with Crippen LogP contribution in [-0.4, -0.2) is 24.3 Å². The quantitative estimate of drug-likeness (QED) is 0.200. The molecule has 9 rings (SSSR count). The number of hydrogen-bond donors (Lipinski definition) is 0. The van der Waals surface area contributed by atoms with Crippen molar-refractivity contribution in [3.63, 3.8) is 0 Å². The summed E-state index contributed by atoms with van der Waals surface area (Å²) in [6.45, 7) is 0. The minimum Gasteiger partial charge on any atom is -0.309 e. The summed E-state index contributed by atoms with van der Waals surface area (Å²) >= 11 is 0. The maximum absolute atomic E-state index is 4.87. The molecule has 3 aromatic heterocycles. The second-order valence-corrected chi connectivity index (χ2v) is 11.0. The molecule has 0 radical (unpaired) electrons. The topological polar surface area (TPSA) is 48.5 Å². The number of nitrogens with zero attached hydrogens (tertiary/aromatic N) is 5. The van der Waals surface area contributed by atoms with E-state index in [9.17, 15) is 0 Å². The van der Waals surface area contributed by atoms with Gasteiger partial charge in [0.2, 0.25) is 0 Å². The number of pyridine rings is 1. The van der Waals surface area contributed by atoms with Crippen molar-refractivity contribution < 1.29 is 0 Å². The summed E-state index contributed by atoms with van der Waals surface area (Å²) in [4.78, 5) is 4.87. The van der Waals surface area contributed by atoms with Crippen molar-refractivity contribution in [2.24, 2.45) is 0 Å². The molecule has 6 aromatic carbocycles. The Bertz CT molecular complexity index is 2490. The molecule has 3 heterocycles. The molecule has 44 heavy (non-hydrogen) atoms. The second-order valence-electron chi connectivity index (χ2n) is 11.0. The smallest absolute Gasteiger partial charge is 0.168 e. The predicted molar refractivity (Wildman–Crippen MR) is 179 cm³/mol. The zero-order valence-corrected chi connectivity index (χ0v) is 23.7. The molecule has 0 bridgehead atoms. The molecule has 0 N–H and O–H groups in total. The summed E-state index contributed by atoms with van der Waals surface area (Å²) in [5.74, 6) is 1.59. The lowest BCUT2D eigenvalue weighted by atomic mass is 10.00. The van der Waals surface area contributed by atoms with E-state index >= 15 is 0 Å². The highest BCUT2D eigenvalue weighted by atomic mass is 15.3. The molecule has 0 unspecified atom stereocenters. The monoisotopic (exact) mass is 563 g/mol. The lowest BCUT2D eigenvalue weighted by Crippen LogP contribution is -2.01. The summed E-state index contributed by atoms with van der Waals surface area (Å²) in [5, 5.41) is 15.4. The van der Waals surface area contributed by atoms with Crippen LogP contribution in [-0.2, 0) is 0 Å². The molecule has 0 aliphatic heterocycles. The number of benzene rings is 6. The largest absolute Gasteiger partial charge is 0.309 e. The van der Waals surface area contributed by atoms with E-state index in [2.05, 4.69) is 112 Å². The third-order valence-electron chi connectivity index (χ3n) is 8.46. The van der Waals surface area contributed by atoms with Gasteiger partial charge < -0.3 is 4.57 Å². The molecule has 0 amide bonds. The van der Waals surface area contributed by atoms with Crippen LogP contribution < -0.4 is 0 Å². The minimum absolute atomic E-state index is 0.787. The first-order valence-electron chi connectivity index (χ1n) is 14.7. The average molecular weight is 564 g/mol. The second kappa shape index (κ2) is 9.75. The van der Waals surface area contributed by atoms with Crippen LogP contribution in [0.5, 0.6) is 0 Å².